The zero-order valence-corrected chi connectivity index (χ0v) is 11.0. The van der Waals surface area contributed by atoms with Crippen LogP contribution in [0.25, 0.3) is 0 Å². The molecule has 0 saturated heterocycles. The quantitative estimate of drug-likeness (QED) is 0.606. The third-order valence-corrected chi connectivity index (χ3v) is 3.08. The van der Waals surface area contributed by atoms with E-state index in [1.807, 2.05) is 31.3 Å². The van der Waals surface area contributed by atoms with Gasteiger partial charge in [-0.3, -0.25) is 0 Å². The van der Waals surface area contributed by atoms with E-state index in [9.17, 15) is 0 Å². The maximum Gasteiger partial charge on any atom is 0.103 e. The first-order valence-electron chi connectivity index (χ1n) is 5.21. The van der Waals surface area contributed by atoms with Crippen LogP contribution in [-0.2, 0) is 0 Å². The second-order valence-electron chi connectivity index (χ2n) is 3.60. The summed E-state index contributed by atoms with van der Waals surface area (Å²) in [6.45, 7) is 4.63. The minimum atomic E-state index is 0.698. The van der Waals surface area contributed by atoms with Gasteiger partial charge in [0, 0.05) is 18.1 Å². The number of hydrogen-bond acceptors (Lipinski definition) is 2. The van der Waals surface area contributed by atoms with Crippen LogP contribution in [0.15, 0.2) is 35.3 Å². The van der Waals surface area contributed by atoms with Crippen molar-refractivity contribution in [1.82, 2.24) is 0 Å². The van der Waals surface area contributed by atoms with Gasteiger partial charge in [-0.25, -0.2) is 0 Å². The van der Waals surface area contributed by atoms with Crippen molar-refractivity contribution in [2.75, 3.05) is 18.5 Å². The maximum absolute atomic E-state index is 9.10. The maximum atomic E-state index is 9.10. The molecule has 84 valence electrons. The topological polar surface area (TPSA) is 27.0 Å². The Morgan fingerprint density at radius 3 is 2.94 bits per heavy atom. The van der Waals surface area contributed by atoms with Crippen LogP contribution in [0.2, 0.25) is 0 Å². The smallest absolute Gasteiger partial charge is 0.103 e. The highest BCUT2D eigenvalue weighted by Crippen LogP contribution is 2.26. The van der Waals surface area contributed by atoms with Crippen LogP contribution in [0, 0.1) is 11.3 Å². The van der Waals surface area contributed by atoms with E-state index in [0.717, 1.165) is 29.5 Å². The highest BCUT2D eigenvalue weighted by Gasteiger charge is 2.09. The average Bonchev–Trinajstić information content (AvgIpc) is 2.29. The summed E-state index contributed by atoms with van der Waals surface area (Å²) in [6.07, 6.45) is 3.97. The van der Waals surface area contributed by atoms with Gasteiger partial charge >= 0.3 is 0 Å². The van der Waals surface area contributed by atoms with Crippen molar-refractivity contribution in [3.8, 4) is 6.07 Å². The molecular formula is C13H15BrN2. The summed E-state index contributed by atoms with van der Waals surface area (Å²) in [6, 6.07) is 8.03. The molecule has 0 aliphatic carbocycles. The van der Waals surface area contributed by atoms with Gasteiger partial charge in [-0.15, -0.1) is 6.58 Å². The van der Waals surface area contributed by atoms with E-state index in [4.69, 9.17) is 5.26 Å². The Bertz CT molecular complexity index is 407. The number of anilines is 1. The lowest BCUT2D eigenvalue weighted by molar-refractivity contribution is 0.801. The summed E-state index contributed by atoms with van der Waals surface area (Å²) in [5.74, 6) is 0. The molecule has 0 bridgehead atoms. The van der Waals surface area contributed by atoms with E-state index < -0.39 is 0 Å². The summed E-state index contributed by atoms with van der Waals surface area (Å²) < 4.78 is 0.850. The van der Waals surface area contributed by atoms with Crippen LogP contribution >= 0.6 is 15.9 Å². The van der Waals surface area contributed by atoms with Crippen molar-refractivity contribution in [3.05, 3.63) is 40.9 Å². The van der Waals surface area contributed by atoms with Crippen LogP contribution in [0.4, 0.5) is 5.69 Å². The number of hydrogen-bond donors (Lipinski definition) is 0. The van der Waals surface area contributed by atoms with Gasteiger partial charge in [0.05, 0.1) is 11.3 Å². The summed E-state index contributed by atoms with van der Waals surface area (Å²) in [4.78, 5) is 2.10. The van der Waals surface area contributed by atoms with Crippen LogP contribution in [-0.4, -0.2) is 13.6 Å². The molecular weight excluding hydrogens is 264 g/mol. The number of unbranched alkanes of at least 4 members (excludes halogenated alkanes) is 1. The predicted octanol–water partition coefficient (Wildman–Crippen LogP) is 3.72. The molecule has 0 spiro atoms. The lowest BCUT2D eigenvalue weighted by Gasteiger charge is -2.20. The first kappa shape index (κ1) is 12.8. The van der Waals surface area contributed by atoms with Crippen LogP contribution in [0.3, 0.4) is 0 Å². The molecule has 3 heteroatoms. The Hall–Kier alpha value is -1.27. The van der Waals surface area contributed by atoms with Crippen molar-refractivity contribution in [3.63, 3.8) is 0 Å². The fourth-order valence-electron chi connectivity index (χ4n) is 1.53. The lowest BCUT2D eigenvalue weighted by Crippen LogP contribution is -2.19. The van der Waals surface area contributed by atoms with Gasteiger partial charge in [0.2, 0.25) is 0 Å². The lowest BCUT2D eigenvalue weighted by atomic mass is 10.1. The standard InChI is InChI=1S/C13H15BrN2/c1-3-4-5-9-16(2)13-8-6-7-12(14)11(13)10-15/h3,6-8H,1,4-5,9H2,2H3. The van der Waals surface area contributed by atoms with Gasteiger partial charge < -0.3 is 4.90 Å². The Balaban J connectivity index is 2.83. The monoisotopic (exact) mass is 278 g/mol. The van der Waals surface area contributed by atoms with E-state index in [2.05, 4.69) is 33.5 Å². The molecule has 0 radical (unpaired) electrons. The van der Waals surface area contributed by atoms with Crippen molar-refractivity contribution < 1.29 is 0 Å². The third-order valence-electron chi connectivity index (χ3n) is 2.42. The molecule has 1 aromatic carbocycles. The van der Waals surface area contributed by atoms with Gasteiger partial charge in [-0.2, -0.15) is 5.26 Å². The fourth-order valence-corrected chi connectivity index (χ4v) is 1.98. The molecule has 0 N–H and O–H groups in total. The normalized spacial score (nSPS) is 9.56. The zero-order valence-electron chi connectivity index (χ0n) is 9.41. The minimum Gasteiger partial charge on any atom is -0.373 e. The molecule has 0 heterocycles. The summed E-state index contributed by atoms with van der Waals surface area (Å²) in [5, 5.41) is 9.10. The first-order valence-corrected chi connectivity index (χ1v) is 6.00. The van der Waals surface area contributed by atoms with Crippen LogP contribution in [0.5, 0.6) is 0 Å². The van der Waals surface area contributed by atoms with Crippen molar-refractivity contribution >= 4 is 21.6 Å². The summed E-state index contributed by atoms with van der Waals surface area (Å²) >= 11 is 3.39. The molecule has 0 aromatic heterocycles. The second kappa shape index (κ2) is 6.34. The third kappa shape index (κ3) is 3.11. The molecule has 0 fully saturated rings. The van der Waals surface area contributed by atoms with Crippen molar-refractivity contribution in [1.29, 1.82) is 5.26 Å². The number of allylic oxidation sites excluding steroid dienone is 1. The first-order chi connectivity index (χ1) is 7.70. The number of halogens is 1. The van der Waals surface area contributed by atoms with Gasteiger partial charge in [0.15, 0.2) is 0 Å². The molecule has 16 heavy (non-hydrogen) atoms. The highest BCUT2D eigenvalue weighted by molar-refractivity contribution is 9.10. The van der Waals surface area contributed by atoms with Gasteiger partial charge in [0.1, 0.15) is 6.07 Å². The molecule has 0 unspecified atom stereocenters. The SMILES string of the molecule is C=CCCCN(C)c1cccc(Br)c1C#N. The molecule has 0 amide bonds. The summed E-state index contributed by atoms with van der Waals surface area (Å²) in [5.41, 5.74) is 1.67. The van der Waals surface area contributed by atoms with E-state index in [1.165, 1.54) is 0 Å². The molecule has 0 aliphatic heterocycles. The fraction of sp³-hybridized carbons (Fsp3) is 0.308. The Labute approximate surface area is 105 Å². The minimum absolute atomic E-state index is 0.698. The van der Waals surface area contributed by atoms with Crippen molar-refractivity contribution in [2.45, 2.75) is 12.8 Å². The van der Waals surface area contributed by atoms with Gasteiger partial charge in [-0.05, 0) is 40.9 Å². The molecule has 0 aliphatic rings. The van der Waals surface area contributed by atoms with E-state index in [0.29, 0.717) is 5.56 Å². The highest BCUT2D eigenvalue weighted by atomic mass is 79.9. The zero-order chi connectivity index (χ0) is 12.0. The van der Waals surface area contributed by atoms with E-state index in [1.54, 1.807) is 0 Å². The summed E-state index contributed by atoms with van der Waals surface area (Å²) in [7, 11) is 2.01. The molecule has 1 aromatic rings. The van der Waals surface area contributed by atoms with Crippen LogP contribution < -0.4 is 4.90 Å². The van der Waals surface area contributed by atoms with Crippen molar-refractivity contribution in [2.24, 2.45) is 0 Å². The Kier molecular flexibility index (Phi) is 5.07. The molecule has 2 nitrogen and oxygen atoms in total. The number of nitrogens with zero attached hydrogens (tertiary/aromatic N) is 2. The Morgan fingerprint density at radius 2 is 2.31 bits per heavy atom. The van der Waals surface area contributed by atoms with E-state index in [-0.39, 0.29) is 0 Å². The largest absolute Gasteiger partial charge is 0.373 e. The predicted molar refractivity (Wildman–Crippen MR) is 71.6 cm³/mol. The number of nitriles is 1. The number of benzene rings is 1. The Morgan fingerprint density at radius 1 is 1.56 bits per heavy atom. The second-order valence-corrected chi connectivity index (χ2v) is 4.45. The van der Waals surface area contributed by atoms with Crippen LogP contribution in [0.1, 0.15) is 18.4 Å². The van der Waals surface area contributed by atoms with E-state index >= 15 is 0 Å². The van der Waals surface area contributed by atoms with Gasteiger partial charge in [-0.1, -0.05) is 12.1 Å². The molecule has 1 rings (SSSR count). The average molecular weight is 279 g/mol. The molecule has 0 atom stereocenters. The number of rotatable bonds is 5. The molecule has 0 saturated carbocycles. The van der Waals surface area contributed by atoms with Gasteiger partial charge in [0.25, 0.3) is 0 Å².